The minimum Gasteiger partial charge on any atom is -0.346 e. The Morgan fingerprint density at radius 1 is 1.06 bits per heavy atom. The molecular weight excluding hydrogens is 454 g/mol. The predicted molar refractivity (Wildman–Crippen MR) is 135 cm³/mol. The second-order valence-electron chi connectivity index (χ2n) is 8.47. The van der Waals surface area contributed by atoms with E-state index in [0.29, 0.717) is 18.0 Å². The van der Waals surface area contributed by atoms with E-state index in [0.717, 1.165) is 58.5 Å². The van der Waals surface area contributed by atoms with Gasteiger partial charge in [0.1, 0.15) is 0 Å². The van der Waals surface area contributed by atoms with Gasteiger partial charge in [0.25, 0.3) is 0 Å². The summed E-state index contributed by atoms with van der Waals surface area (Å²) in [6.45, 7) is 7.20. The fraction of sp³-hybridized carbons (Fsp3) is 0.320. The minimum atomic E-state index is 0.125. The molecule has 1 aliphatic heterocycles. The molecule has 8 heteroatoms. The molecule has 5 rings (SSSR count). The van der Waals surface area contributed by atoms with Crippen molar-refractivity contribution in [3.63, 3.8) is 0 Å². The van der Waals surface area contributed by atoms with Crippen LogP contribution in [0.4, 0.5) is 5.13 Å². The van der Waals surface area contributed by atoms with Crippen molar-refractivity contribution in [2.45, 2.75) is 26.7 Å². The van der Waals surface area contributed by atoms with Crippen molar-refractivity contribution in [3.8, 4) is 5.69 Å². The average molecular weight is 480 g/mol. The number of carbonyl (C=O) groups excluding carboxylic acids is 1. The van der Waals surface area contributed by atoms with Gasteiger partial charge >= 0.3 is 0 Å². The second kappa shape index (κ2) is 9.15. The quantitative estimate of drug-likeness (QED) is 0.411. The molecule has 3 heterocycles. The number of thiazole rings is 1. The summed E-state index contributed by atoms with van der Waals surface area (Å²) in [4.78, 5) is 22.1. The third kappa shape index (κ3) is 4.48. The molecular formula is C25H26ClN5OS. The number of benzene rings is 2. The lowest BCUT2D eigenvalue weighted by atomic mass is 10.1. The molecule has 4 aromatic rings. The van der Waals surface area contributed by atoms with E-state index in [1.54, 1.807) is 11.3 Å². The van der Waals surface area contributed by atoms with Crippen LogP contribution in [0, 0.1) is 13.8 Å². The van der Waals surface area contributed by atoms with Crippen molar-refractivity contribution in [2.24, 2.45) is 0 Å². The van der Waals surface area contributed by atoms with Gasteiger partial charge in [-0.2, -0.15) is 10.1 Å². The van der Waals surface area contributed by atoms with E-state index in [-0.39, 0.29) is 5.91 Å². The SMILES string of the molecule is Cc1cccc(-n2nc(C)c3sc(N4CCCN(C(=O)Cc5ccccc5Cl)CC4)nc32)c1. The number of anilines is 1. The zero-order valence-corrected chi connectivity index (χ0v) is 20.4. The molecule has 170 valence electrons. The number of rotatable bonds is 4. The number of hydrogen-bond acceptors (Lipinski definition) is 5. The third-order valence-electron chi connectivity index (χ3n) is 6.04. The zero-order chi connectivity index (χ0) is 22.9. The van der Waals surface area contributed by atoms with Gasteiger partial charge in [-0.25, -0.2) is 4.68 Å². The lowest BCUT2D eigenvalue weighted by Crippen LogP contribution is -2.36. The average Bonchev–Trinajstić information content (AvgIpc) is 3.26. The Kier molecular flexibility index (Phi) is 6.08. The van der Waals surface area contributed by atoms with Crippen molar-refractivity contribution in [2.75, 3.05) is 31.1 Å². The first-order valence-electron chi connectivity index (χ1n) is 11.2. The second-order valence-corrected chi connectivity index (χ2v) is 9.86. The molecule has 1 fully saturated rings. The molecule has 0 saturated carbocycles. The molecule has 0 unspecified atom stereocenters. The van der Waals surface area contributed by atoms with E-state index in [9.17, 15) is 4.79 Å². The van der Waals surface area contributed by atoms with Gasteiger partial charge in [-0.1, -0.05) is 53.3 Å². The fourth-order valence-corrected chi connectivity index (χ4v) is 5.51. The Bertz CT molecular complexity index is 1310. The van der Waals surface area contributed by atoms with Gasteiger partial charge < -0.3 is 9.80 Å². The van der Waals surface area contributed by atoms with Crippen molar-refractivity contribution < 1.29 is 4.79 Å². The van der Waals surface area contributed by atoms with E-state index >= 15 is 0 Å². The highest BCUT2D eigenvalue weighted by Gasteiger charge is 2.23. The molecule has 0 atom stereocenters. The van der Waals surface area contributed by atoms with E-state index in [1.807, 2.05) is 46.8 Å². The van der Waals surface area contributed by atoms with Crippen LogP contribution in [0.15, 0.2) is 48.5 Å². The van der Waals surface area contributed by atoms with Crippen LogP contribution >= 0.6 is 22.9 Å². The number of aryl methyl sites for hydroxylation is 2. The Balaban J connectivity index is 1.33. The summed E-state index contributed by atoms with van der Waals surface area (Å²) in [5, 5.41) is 6.37. The van der Waals surface area contributed by atoms with Crippen LogP contribution in [0.25, 0.3) is 16.0 Å². The van der Waals surface area contributed by atoms with Gasteiger partial charge in [-0.05, 0) is 49.6 Å². The highest BCUT2D eigenvalue weighted by atomic mass is 35.5. The molecule has 0 spiro atoms. The largest absolute Gasteiger partial charge is 0.346 e. The van der Waals surface area contributed by atoms with E-state index in [1.165, 1.54) is 5.56 Å². The molecule has 2 aromatic carbocycles. The molecule has 1 aliphatic rings. The molecule has 0 bridgehead atoms. The summed E-state index contributed by atoms with van der Waals surface area (Å²) >= 11 is 7.94. The van der Waals surface area contributed by atoms with Gasteiger partial charge in [0.2, 0.25) is 5.91 Å². The number of fused-ring (bicyclic) bond motifs is 1. The molecule has 1 amide bonds. The predicted octanol–water partition coefficient (Wildman–Crippen LogP) is 5.03. The fourth-order valence-electron chi connectivity index (χ4n) is 4.27. The van der Waals surface area contributed by atoms with Gasteiger partial charge in [-0.15, -0.1) is 0 Å². The summed E-state index contributed by atoms with van der Waals surface area (Å²) < 4.78 is 3.05. The summed E-state index contributed by atoms with van der Waals surface area (Å²) in [5.41, 5.74) is 4.98. The van der Waals surface area contributed by atoms with Crippen LogP contribution < -0.4 is 4.90 Å². The molecule has 0 aliphatic carbocycles. The van der Waals surface area contributed by atoms with Crippen molar-refractivity contribution in [1.29, 1.82) is 0 Å². The van der Waals surface area contributed by atoms with Crippen molar-refractivity contribution in [1.82, 2.24) is 19.7 Å². The van der Waals surface area contributed by atoms with Gasteiger partial charge in [0, 0.05) is 31.2 Å². The third-order valence-corrected chi connectivity index (χ3v) is 7.62. The lowest BCUT2D eigenvalue weighted by Gasteiger charge is -2.22. The van der Waals surface area contributed by atoms with Crippen LogP contribution in [0.2, 0.25) is 5.02 Å². The van der Waals surface area contributed by atoms with Crippen molar-refractivity contribution >= 4 is 44.3 Å². The normalized spacial score (nSPS) is 14.6. The van der Waals surface area contributed by atoms with E-state index in [4.69, 9.17) is 21.7 Å². The molecule has 2 aromatic heterocycles. The summed E-state index contributed by atoms with van der Waals surface area (Å²) in [7, 11) is 0. The number of aromatic nitrogens is 3. The standard InChI is InChI=1S/C25H26ClN5OS/c1-17-7-5-9-20(15-17)31-24-23(18(2)28-31)33-25(27-24)30-12-6-11-29(13-14-30)22(32)16-19-8-3-4-10-21(19)26/h3-5,7-10,15H,6,11-14,16H2,1-2H3. The highest BCUT2D eigenvalue weighted by molar-refractivity contribution is 7.22. The molecule has 0 N–H and O–H groups in total. The summed E-state index contributed by atoms with van der Waals surface area (Å²) in [6, 6.07) is 15.9. The van der Waals surface area contributed by atoms with Gasteiger partial charge in [0.05, 0.1) is 22.5 Å². The van der Waals surface area contributed by atoms with Gasteiger partial charge in [-0.3, -0.25) is 4.79 Å². The Morgan fingerprint density at radius 3 is 2.73 bits per heavy atom. The first-order chi connectivity index (χ1) is 16.0. The number of amides is 1. The molecule has 33 heavy (non-hydrogen) atoms. The van der Waals surface area contributed by atoms with Crippen LogP contribution in [0.1, 0.15) is 23.2 Å². The Morgan fingerprint density at radius 2 is 1.91 bits per heavy atom. The number of hydrogen-bond donors (Lipinski definition) is 0. The van der Waals surface area contributed by atoms with E-state index < -0.39 is 0 Å². The maximum absolute atomic E-state index is 12.9. The Labute approximate surface area is 202 Å². The number of halogens is 1. The monoisotopic (exact) mass is 479 g/mol. The maximum atomic E-state index is 12.9. The van der Waals surface area contributed by atoms with E-state index in [2.05, 4.69) is 30.0 Å². The number of nitrogens with zero attached hydrogens (tertiary/aromatic N) is 5. The van der Waals surface area contributed by atoms with Gasteiger partial charge in [0.15, 0.2) is 10.8 Å². The maximum Gasteiger partial charge on any atom is 0.227 e. The van der Waals surface area contributed by atoms with Crippen LogP contribution in [0.5, 0.6) is 0 Å². The van der Waals surface area contributed by atoms with Crippen molar-refractivity contribution in [3.05, 3.63) is 70.4 Å². The molecule has 6 nitrogen and oxygen atoms in total. The first kappa shape index (κ1) is 21.9. The molecule has 1 saturated heterocycles. The van der Waals surface area contributed by atoms with Crippen LogP contribution in [-0.4, -0.2) is 51.8 Å². The Hall–Kier alpha value is -2.90. The minimum absolute atomic E-state index is 0.125. The summed E-state index contributed by atoms with van der Waals surface area (Å²) in [5.74, 6) is 0.125. The van der Waals surface area contributed by atoms with Crippen LogP contribution in [0.3, 0.4) is 0 Å². The smallest absolute Gasteiger partial charge is 0.227 e. The lowest BCUT2D eigenvalue weighted by molar-refractivity contribution is -0.130. The zero-order valence-electron chi connectivity index (χ0n) is 18.8. The molecule has 0 radical (unpaired) electrons. The van der Waals surface area contributed by atoms with Crippen LogP contribution in [-0.2, 0) is 11.2 Å². The first-order valence-corrected chi connectivity index (χ1v) is 12.4. The number of carbonyl (C=O) groups is 1. The highest BCUT2D eigenvalue weighted by Crippen LogP contribution is 2.33. The topological polar surface area (TPSA) is 54.3 Å². The summed E-state index contributed by atoms with van der Waals surface area (Å²) in [6.07, 6.45) is 1.25.